The highest BCUT2D eigenvalue weighted by Crippen LogP contribution is 2.37. The van der Waals surface area contributed by atoms with Gasteiger partial charge in [-0.25, -0.2) is 19.2 Å². The second kappa shape index (κ2) is 13.9. The van der Waals surface area contributed by atoms with E-state index in [9.17, 15) is 36.7 Å². The van der Waals surface area contributed by atoms with Crippen molar-refractivity contribution in [1.82, 2.24) is 0 Å². The molecule has 0 aromatic carbocycles. The van der Waals surface area contributed by atoms with Crippen molar-refractivity contribution in [2.24, 2.45) is 0 Å². The molecule has 2 rings (SSSR count). The number of carbonyl (C=O) groups excluding carboxylic acids is 4. The molecule has 0 unspecified atom stereocenters. The summed E-state index contributed by atoms with van der Waals surface area (Å²) in [5, 5.41) is 0. The van der Waals surface area contributed by atoms with Gasteiger partial charge in [0.25, 0.3) is 0 Å². The number of alkyl halides is 4. The quantitative estimate of drug-likeness (QED) is 0.197. The summed E-state index contributed by atoms with van der Waals surface area (Å²) in [6.45, 7) is 3.23. The third kappa shape index (κ3) is 11.3. The lowest BCUT2D eigenvalue weighted by atomic mass is 9.96. The van der Waals surface area contributed by atoms with E-state index >= 15 is 0 Å². The molecule has 2 aliphatic carbocycles. The molecule has 0 spiro atoms. The lowest BCUT2D eigenvalue weighted by Crippen LogP contribution is -2.35. The van der Waals surface area contributed by atoms with E-state index in [4.69, 9.17) is 9.47 Å². The van der Waals surface area contributed by atoms with Crippen molar-refractivity contribution in [1.29, 1.82) is 0 Å². The fourth-order valence-electron chi connectivity index (χ4n) is 4.47. The molecular weight excluding hydrogens is 504 g/mol. The van der Waals surface area contributed by atoms with Gasteiger partial charge in [0.15, 0.2) is 13.2 Å². The van der Waals surface area contributed by atoms with Gasteiger partial charge in [-0.2, -0.15) is 17.6 Å². The number of rotatable bonds is 11. The van der Waals surface area contributed by atoms with E-state index in [-0.39, 0.29) is 0 Å². The predicted molar refractivity (Wildman–Crippen MR) is 123 cm³/mol. The maximum absolute atomic E-state index is 12.5. The minimum Gasteiger partial charge on any atom is -0.457 e. The molecule has 2 saturated carbocycles. The zero-order chi connectivity index (χ0) is 28.3. The minimum atomic E-state index is -3.59. The molecule has 0 bridgehead atoms. The van der Waals surface area contributed by atoms with Gasteiger partial charge in [-0.1, -0.05) is 20.3 Å². The number of esters is 4. The van der Waals surface area contributed by atoms with Gasteiger partial charge in [-0.3, -0.25) is 0 Å². The number of hydrogen-bond acceptors (Lipinski definition) is 8. The molecule has 8 nitrogen and oxygen atoms in total. The first-order chi connectivity index (χ1) is 17.1. The molecule has 0 aliphatic heterocycles. The number of halogens is 4. The van der Waals surface area contributed by atoms with Crippen molar-refractivity contribution in [2.45, 2.75) is 121 Å². The third-order valence-electron chi connectivity index (χ3n) is 6.40. The first kappa shape index (κ1) is 32.6. The SMILES string of the molecule is CCC1(OC(=O)COC(=O)C(C)(F)F)CCCC1.CCCC1(OC(=O)COC(=O)C(C)(F)F)CCCC1. The van der Waals surface area contributed by atoms with Crippen molar-refractivity contribution >= 4 is 23.9 Å². The van der Waals surface area contributed by atoms with Crippen LogP contribution in [-0.2, 0) is 38.1 Å². The fraction of sp³-hybridized carbons (Fsp3) is 0.840. The standard InChI is InChI=1S/C13H20F2O4.C12H18F2O4/c1-3-6-13(7-4-5-8-13)19-10(16)9-18-11(17)12(2,14)15;1-3-12(6-4-5-7-12)18-9(15)8-17-10(16)11(2,13)14/h3-9H2,1-2H3;3-8H2,1-2H3. The maximum Gasteiger partial charge on any atom is 0.377 e. The third-order valence-corrected chi connectivity index (χ3v) is 6.40. The van der Waals surface area contributed by atoms with Crippen LogP contribution in [0.15, 0.2) is 0 Å². The van der Waals surface area contributed by atoms with Crippen molar-refractivity contribution in [3.63, 3.8) is 0 Å². The molecule has 0 heterocycles. The molecule has 2 aliphatic rings. The second-order valence-corrected chi connectivity index (χ2v) is 9.76. The molecule has 2 fully saturated rings. The summed E-state index contributed by atoms with van der Waals surface area (Å²) in [5.41, 5.74) is -0.995. The van der Waals surface area contributed by atoms with Crippen LogP contribution in [0, 0.1) is 0 Å². The largest absolute Gasteiger partial charge is 0.457 e. The molecule has 0 amide bonds. The Hall–Kier alpha value is -2.40. The number of carbonyl (C=O) groups is 4. The zero-order valence-electron chi connectivity index (χ0n) is 22.0. The molecular formula is C25H38F4O8. The van der Waals surface area contributed by atoms with Gasteiger partial charge < -0.3 is 18.9 Å². The Balaban J connectivity index is 0.000000371. The van der Waals surface area contributed by atoms with Crippen LogP contribution in [0.1, 0.15) is 98.3 Å². The summed E-state index contributed by atoms with van der Waals surface area (Å²) in [7, 11) is 0. The normalized spacial score (nSPS) is 18.3. The number of hydrogen-bond donors (Lipinski definition) is 0. The van der Waals surface area contributed by atoms with Crippen LogP contribution in [-0.4, -0.2) is 60.1 Å². The van der Waals surface area contributed by atoms with E-state index in [0.29, 0.717) is 20.3 Å². The summed E-state index contributed by atoms with van der Waals surface area (Å²) in [6, 6.07) is 0. The van der Waals surface area contributed by atoms with Crippen LogP contribution in [0.2, 0.25) is 0 Å². The Labute approximate surface area is 214 Å². The van der Waals surface area contributed by atoms with E-state index in [1.807, 2.05) is 13.8 Å². The topological polar surface area (TPSA) is 105 Å². The van der Waals surface area contributed by atoms with Crippen LogP contribution in [0.3, 0.4) is 0 Å². The average molecular weight is 543 g/mol. The van der Waals surface area contributed by atoms with Crippen LogP contribution in [0.25, 0.3) is 0 Å². The Kier molecular flexibility index (Phi) is 12.3. The van der Waals surface area contributed by atoms with Crippen molar-refractivity contribution < 1.29 is 55.7 Å². The van der Waals surface area contributed by atoms with Crippen LogP contribution in [0.5, 0.6) is 0 Å². The van der Waals surface area contributed by atoms with Gasteiger partial charge in [0.1, 0.15) is 11.2 Å². The Bertz CT molecular complexity index is 777. The van der Waals surface area contributed by atoms with Gasteiger partial charge in [0, 0.05) is 13.8 Å². The van der Waals surface area contributed by atoms with Crippen LogP contribution >= 0.6 is 0 Å². The number of ether oxygens (including phenoxy) is 4. The molecule has 0 N–H and O–H groups in total. The summed E-state index contributed by atoms with van der Waals surface area (Å²) >= 11 is 0. The van der Waals surface area contributed by atoms with E-state index in [0.717, 1.165) is 64.2 Å². The Morgan fingerprint density at radius 1 is 0.676 bits per heavy atom. The highest BCUT2D eigenvalue weighted by Gasteiger charge is 2.39. The highest BCUT2D eigenvalue weighted by atomic mass is 19.3. The van der Waals surface area contributed by atoms with E-state index < -0.39 is 60.1 Å². The lowest BCUT2D eigenvalue weighted by Gasteiger charge is -2.28. The maximum atomic E-state index is 12.5. The van der Waals surface area contributed by atoms with Crippen LogP contribution in [0.4, 0.5) is 17.6 Å². The molecule has 214 valence electrons. The molecule has 0 atom stereocenters. The lowest BCUT2D eigenvalue weighted by molar-refractivity contribution is -0.181. The summed E-state index contributed by atoms with van der Waals surface area (Å²) < 4.78 is 69.1. The van der Waals surface area contributed by atoms with Crippen molar-refractivity contribution in [3.8, 4) is 0 Å². The van der Waals surface area contributed by atoms with Crippen molar-refractivity contribution in [3.05, 3.63) is 0 Å². The van der Waals surface area contributed by atoms with Crippen LogP contribution < -0.4 is 0 Å². The summed E-state index contributed by atoms with van der Waals surface area (Å²) in [6.07, 6.45) is 9.34. The first-order valence-corrected chi connectivity index (χ1v) is 12.6. The average Bonchev–Trinajstić information content (AvgIpc) is 3.45. The smallest absolute Gasteiger partial charge is 0.377 e. The van der Waals surface area contributed by atoms with E-state index in [1.165, 1.54) is 0 Å². The van der Waals surface area contributed by atoms with Crippen molar-refractivity contribution in [2.75, 3.05) is 13.2 Å². The molecule has 12 heteroatoms. The van der Waals surface area contributed by atoms with Gasteiger partial charge in [0.05, 0.1) is 0 Å². The predicted octanol–water partition coefficient (Wildman–Crippen LogP) is 5.29. The Morgan fingerprint density at radius 3 is 1.35 bits per heavy atom. The van der Waals surface area contributed by atoms with Gasteiger partial charge in [-0.15, -0.1) is 0 Å². The zero-order valence-corrected chi connectivity index (χ0v) is 22.0. The molecule has 0 aromatic rings. The van der Waals surface area contributed by atoms with E-state index in [2.05, 4.69) is 9.47 Å². The Morgan fingerprint density at radius 2 is 1.03 bits per heavy atom. The molecule has 0 saturated heterocycles. The molecule has 0 aromatic heterocycles. The monoisotopic (exact) mass is 542 g/mol. The highest BCUT2D eigenvalue weighted by molar-refractivity contribution is 5.81. The minimum absolute atomic E-state index is 0.422. The van der Waals surface area contributed by atoms with E-state index in [1.54, 1.807) is 0 Å². The molecule has 37 heavy (non-hydrogen) atoms. The summed E-state index contributed by atoms with van der Waals surface area (Å²) in [5.74, 6) is -12.1. The fourth-order valence-corrected chi connectivity index (χ4v) is 4.47. The first-order valence-electron chi connectivity index (χ1n) is 12.6. The van der Waals surface area contributed by atoms with Gasteiger partial charge in [0.2, 0.25) is 0 Å². The second-order valence-electron chi connectivity index (χ2n) is 9.76. The van der Waals surface area contributed by atoms with Gasteiger partial charge in [-0.05, 0) is 64.2 Å². The summed E-state index contributed by atoms with van der Waals surface area (Å²) in [4.78, 5) is 44.6. The molecule has 0 radical (unpaired) electrons. The van der Waals surface area contributed by atoms with Gasteiger partial charge >= 0.3 is 35.7 Å².